The molecule has 2 atom stereocenters. The number of likely N-dealkylation sites (tertiary alicyclic amines) is 1. The van der Waals surface area contributed by atoms with E-state index >= 15 is 0 Å². The van der Waals surface area contributed by atoms with Gasteiger partial charge in [-0.15, -0.1) is 0 Å². The zero-order chi connectivity index (χ0) is 24.5. The molecule has 1 fully saturated rings. The van der Waals surface area contributed by atoms with E-state index in [1.807, 2.05) is 48.5 Å². The summed E-state index contributed by atoms with van der Waals surface area (Å²) in [5.41, 5.74) is 2.07. The van der Waals surface area contributed by atoms with Gasteiger partial charge in [0.05, 0.1) is 26.1 Å². The predicted octanol–water partition coefficient (Wildman–Crippen LogP) is 1.95. The lowest BCUT2D eigenvalue weighted by molar-refractivity contribution is -0.132. The van der Waals surface area contributed by atoms with Gasteiger partial charge in [0.1, 0.15) is 11.5 Å². The maximum Gasteiger partial charge on any atom is 0.407 e. The van der Waals surface area contributed by atoms with Crippen LogP contribution in [0.5, 0.6) is 11.5 Å². The number of ether oxygens (including phenoxy) is 2. The summed E-state index contributed by atoms with van der Waals surface area (Å²) in [6.07, 6.45) is 0.0951. The zero-order valence-corrected chi connectivity index (χ0v) is 19.5. The number of carboxylic acid groups (broad SMARTS) is 1. The molecule has 1 heterocycles. The number of rotatable bonds is 10. The summed E-state index contributed by atoms with van der Waals surface area (Å²) in [4.78, 5) is 38.3. The Hall–Kier alpha value is -3.75. The summed E-state index contributed by atoms with van der Waals surface area (Å²) in [6, 6.07) is 15.1. The fraction of sp³-hybridized carbons (Fsp3) is 0.400. The lowest BCUT2D eigenvalue weighted by Gasteiger charge is -2.17. The fourth-order valence-electron chi connectivity index (χ4n) is 4.00. The molecule has 2 unspecified atom stereocenters. The topological polar surface area (TPSA) is 117 Å². The van der Waals surface area contributed by atoms with Crippen molar-refractivity contribution in [2.75, 3.05) is 40.4 Å². The fourth-order valence-corrected chi connectivity index (χ4v) is 4.00. The van der Waals surface area contributed by atoms with Gasteiger partial charge in [-0.3, -0.25) is 9.59 Å². The molecule has 1 aliphatic heterocycles. The van der Waals surface area contributed by atoms with Gasteiger partial charge in [0.2, 0.25) is 11.8 Å². The first-order valence-corrected chi connectivity index (χ1v) is 11.2. The van der Waals surface area contributed by atoms with Crippen molar-refractivity contribution < 1.29 is 29.0 Å². The second-order valence-corrected chi connectivity index (χ2v) is 8.18. The normalized spacial score (nSPS) is 17.2. The molecular formula is C25H31N3O6. The lowest BCUT2D eigenvalue weighted by atomic mass is 9.94. The highest BCUT2D eigenvalue weighted by atomic mass is 16.5. The molecule has 9 heteroatoms. The van der Waals surface area contributed by atoms with Crippen LogP contribution in [0.3, 0.4) is 0 Å². The number of nitrogens with zero attached hydrogens (tertiary/aromatic N) is 1. The van der Waals surface area contributed by atoms with Crippen LogP contribution in [0.25, 0.3) is 0 Å². The van der Waals surface area contributed by atoms with Gasteiger partial charge in [0.25, 0.3) is 0 Å². The van der Waals surface area contributed by atoms with Crippen LogP contribution in [-0.4, -0.2) is 68.3 Å². The van der Waals surface area contributed by atoms with Crippen LogP contribution in [0, 0.1) is 11.8 Å². The molecule has 34 heavy (non-hydrogen) atoms. The third-order valence-corrected chi connectivity index (χ3v) is 6.01. The summed E-state index contributed by atoms with van der Waals surface area (Å²) >= 11 is 0. The van der Waals surface area contributed by atoms with E-state index in [1.54, 1.807) is 14.2 Å². The molecule has 3 amide bonds. The van der Waals surface area contributed by atoms with Gasteiger partial charge >= 0.3 is 6.09 Å². The van der Waals surface area contributed by atoms with Crippen LogP contribution in [0.1, 0.15) is 11.1 Å². The minimum atomic E-state index is -1.13. The van der Waals surface area contributed by atoms with Crippen molar-refractivity contribution in [3.63, 3.8) is 0 Å². The lowest BCUT2D eigenvalue weighted by Crippen LogP contribution is -2.42. The second kappa shape index (κ2) is 11.9. The zero-order valence-electron chi connectivity index (χ0n) is 19.5. The Kier molecular flexibility index (Phi) is 8.73. The average Bonchev–Trinajstić information content (AvgIpc) is 3.31. The molecule has 3 rings (SSSR count). The van der Waals surface area contributed by atoms with Crippen molar-refractivity contribution in [2.45, 2.75) is 12.8 Å². The Bertz CT molecular complexity index is 904. The molecule has 9 nitrogen and oxygen atoms in total. The molecule has 0 aliphatic carbocycles. The van der Waals surface area contributed by atoms with Gasteiger partial charge in [-0.1, -0.05) is 24.3 Å². The molecule has 182 valence electrons. The monoisotopic (exact) mass is 469 g/mol. The van der Waals surface area contributed by atoms with Crippen LogP contribution in [-0.2, 0) is 22.4 Å². The van der Waals surface area contributed by atoms with Crippen molar-refractivity contribution in [3.05, 3.63) is 59.7 Å². The van der Waals surface area contributed by atoms with Crippen molar-refractivity contribution in [1.29, 1.82) is 0 Å². The largest absolute Gasteiger partial charge is 0.497 e. The van der Waals surface area contributed by atoms with E-state index in [2.05, 4.69) is 10.6 Å². The van der Waals surface area contributed by atoms with Gasteiger partial charge in [0, 0.05) is 26.2 Å². The summed E-state index contributed by atoms with van der Waals surface area (Å²) in [6.45, 7) is 0.779. The maximum absolute atomic E-state index is 12.8. The molecule has 1 saturated heterocycles. The number of carbonyl (C=O) groups is 3. The maximum atomic E-state index is 12.8. The number of carbonyl (C=O) groups excluding carboxylic acids is 2. The van der Waals surface area contributed by atoms with E-state index in [4.69, 9.17) is 9.47 Å². The highest BCUT2D eigenvalue weighted by molar-refractivity contribution is 5.89. The molecule has 0 bridgehead atoms. The van der Waals surface area contributed by atoms with Crippen molar-refractivity contribution in [1.82, 2.24) is 15.5 Å². The highest BCUT2D eigenvalue weighted by Gasteiger charge is 2.43. The van der Waals surface area contributed by atoms with Crippen molar-refractivity contribution in [2.24, 2.45) is 11.8 Å². The predicted molar refractivity (Wildman–Crippen MR) is 126 cm³/mol. The smallest absolute Gasteiger partial charge is 0.407 e. The Labute approximate surface area is 199 Å². The molecule has 0 saturated carbocycles. The number of hydrogen-bond donors (Lipinski definition) is 3. The molecule has 2 aromatic rings. The molecule has 0 aromatic heterocycles. The van der Waals surface area contributed by atoms with E-state index in [-0.39, 0.29) is 24.9 Å². The minimum Gasteiger partial charge on any atom is -0.497 e. The Morgan fingerprint density at radius 1 is 0.794 bits per heavy atom. The summed E-state index contributed by atoms with van der Waals surface area (Å²) in [7, 11) is 3.20. The second-order valence-electron chi connectivity index (χ2n) is 8.18. The Balaban J connectivity index is 1.52. The first kappa shape index (κ1) is 24.9. The van der Waals surface area contributed by atoms with Gasteiger partial charge in [-0.05, 0) is 48.2 Å². The number of hydrogen-bond acceptors (Lipinski definition) is 5. The van der Waals surface area contributed by atoms with E-state index in [0.717, 1.165) is 27.5 Å². The van der Waals surface area contributed by atoms with Crippen LogP contribution < -0.4 is 20.1 Å². The third-order valence-electron chi connectivity index (χ3n) is 6.01. The average molecular weight is 470 g/mol. The van der Waals surface area contributed by atoms with E-state index in [9.17, 15) is 19.5 Å². The quantitative estimate of drug-likeness (QED) is 0.490. The van der Waals surface area contributed by atoms with E-state index in [0.29, 0.717) is 25.9 Å². The van der Waals surface area contributed by atoms with Gasteiger partial charge < -0.3 is 30.1 Å². The van der Waals surface area contributed by atoms with Crippen LogP contribution in [0.4, 0.5) is 4.79 Å². The summed E-state index contributed by atoms with van der Waals surface area (Å²) in [5.74, 6) is -0.567. The molecule has 0 spiro atoms. The SMILES string of the molecule is COc1ccc(CCNC(=O)C2CN(C(=O)O)CC2C(=O)NCCc2ccc(OC)cc2)cc1. The molecule has 1 aliphatic rings. The van der Waals surface area contributed by atoms with Crippen molar-refractivity contribution in [3.8, 4) is 11.5 Å². The standard InChI is InChI=1S/C25H31N3O6/c1-33-19-7-3-17(4-8-19)11-13-26-23(29)21-15-28(25(31)32)16-22(21)24(30)27-14-12-18-5-9-20(34-2)10-6-18/h3-10,21-22H,11-16H2,1-2H3,(H,26,29)(H,27,30)(H,31,32). The summed E-state index contributed by atoms with van der Waals surface area (Å²) in [5, 5.41) is 15.1. The van der Waals surface area contributed by atoms with Crippen molar-refractivity contribution >= 4 is 17.9 Å². The number of benzene rings is 2. The van der Waals surface area contributed by atoms with E-state index < -0.39 is 17.9 Å². The number of amides is 3. The first-order chi connectivity index (χ1) is 16.4. The first-order valence-electron chi connectivity index (χ1n) is 11.2. The molecule has 0 radical (unpaired) electrons. The Morgan fingerprint density at radius 2 is 1.18 bits per heavy atom. The minimum absolute atomic E-state index is 0.000267. The van der Waals surface area contributed by atoms with Crippen LogP contribution in [0.2, 0.25) is 0 Å². The molecule has 2 aromatic carbocycles. The third kappa shape index (κ3) is 6.63. The number of methoxy groups -OCH3 is 2. The highest BCUT2D eigenvalue weighted by Crippen LogP contribution is 2.24. The van der Waals surface area contributed by atoms with Gasteiger partial charge in [-0.25, -0.2) is 4.79 Å². The van der Waals surface area contributed by atoms with E-state index in [1.165, 1.54) is 0 Å². The number of nitrogens with one attached hydrogen (secondary N) is 2. The Morgan fingerprint density at radius 3 is 1.50 bits per heavy atom. The van der Waals surface area contributed by atoms with Gasteiger partial charge in [-0.2, -0.15) is 0 Å². The van der Waals surface area contributed by atoms with Gasteiger partial charge in [0.15, 0.2) is 0 Å². The summed E-state index contributed by atoms with van der Waals surface area (Å²) < 4.78 is 10.3. The van der Waals surface area contributed by atoms with Crippen LogP contribution >= 0.6 is 0 Å². The molecular weight excluding hydrogens is 438 g/mol. The van der Waals surface area contributed by atoms with Crippen LogP contribution in [0.15, 0.2) is 48.5 Å². The molecule has 3 N–H and O–H groups in total.